The SMILES string of the molecule is CCC1C(CCC(C)C)CCCC(Cc2cncc(N(C)C3CCC3)n2)N1C(=O)c1cccc(S(=O)(=O)Nc2nc(OC)cc(-c3c(C)cccc3C)n2)c1. The Morgan fingerprint density at radius 3 is 2.38 bits per heavy atom. The number of hydrogen-bond donors (Lipinski definition) is 1. The molecule has 2 aliphatic rings. The highest BCUT2D eigenvalue weighted by atomic mass is 32.2. The Labute approximate surface area is 327 Å². The van der Waals surface area contributed by atoms with Crippen LogP contribution < -0.4 is 14.4 Å². The van der Waals surface area contributed by atoms with Crippen LogP contribution in [0.5, 0.6) is 5.88 Å². The van der Waals surface area contributed by atoms with Crippen LogP contribution in [0.2, 0.25) is 0 Å². The Kier molecular flexibility index (Phi) is 12.7. The Hall–Kier alpha value is -4.58. The normalized spacial score (nSPS) is 19.1. The Bertz CT molecular complexity index is 2050. The molecule has 4 aromatic rings. The summed E-state index contributed by atoms with van der Waals surface area (Å²) in [5, 5.41) is 0. The number of likely N-dealkylation sites (tertiary alicyclic amines) is 1. The molecule has 294 valence electrons. The summed E-state index contributed by atoms with van der Waals surface area (Å²) in [7, 11) is -0.634. The second-order valence-electron chi connectivity index (χ2n) is 15.8. The van der Waals surface area contributed by atoms with Crippen molar-refractivity contribution in [3.8, 4) is 17.1 Å². The third kappa shape index (κ3) is 9.28. The molecule has 1 saturated heterocycles. The number of aromatic nitrogens is 4. The molecule has 1 N–H and O–H groups in total. The fraction of sp³-hybridized carbons (Fsp3) is 0.512. The van der Waals surface area contributed by atoms with E-state index < -0.39 is 10.0 Å². The molecular formula is C43H57N7O4S. The number of nitrogens with one attached hydrogen (secondary N) is 1. The molecule has 1 amide bonds. The van der Waals surface area contributed by atoms with Crippen LogP contribution in [0.15, 0.2) is 65.8 Å². The number of carbonyl (C=O) groups excluding carboxylic acids is 1. The molecule has 6 rings (SSSR count). The minimum atomic E-state index is -4.20. The second kappa shape index (κ2) is 17.5. The molecule has 1 aliphatic heterocycles. The van der Waals surface area contributed by atoms with E-state index in [0.717, 1.165) is 79.6 Å². The number of ether oxygens (including phenoxy) is 1. The number of amides is 1. The maximum absolute atomic E-state index is 14.9. The zero-order chi connectivity index (χ0) is 39.3. The van der Waals surface area contributed by atoms with E-state index in [1.807, 2.05) is 44.4 Å². The number of benzene rings is 2. The first-order valence-corrected chi connectivity index (χ1v) is 21.4. The lowest BCUT2D eigenvalue weighted by atomic mass is 9.86. The molecule has 2 fully saturated rings. The van der Waals surface area contributed by atoms with E-state index in [1.165, 1.54) is 25.7 Å². The summed E-state index contributed by atoms with van der Waals surface area (Å²) in [6, 6.07) is 14.3. The number of rotatable bonds is 14. The summed E-state index contributed by atoms with van der Waals surface area (Å²) in [6.07, 6.45) is 13.6. The molecule has 3 atom stereocenters. The largest absolute Gasteiger partial charge is 0.481 e. The summed E-state index contributed by atoms with van der Waals surface area (Å²) in [5.41, 5.74) is 4.59. The van der Waals surface area contributed by atoms with Gasteiger partial charge < -0.3 is 14.5 Å². The molecule has 1 aliphatic carbocycles. The lowest BCUT2D eigenvalue weighted by molar-refractivity contribution is 0.0484. The van der Waals surface area contributed by atoms with Crippen LogP contribution >= 0.6 is 0 Å². The van der Waals surface area contributed by atoms with Crippen molar-refractivity contribution in [2.45, 2.75) is 122 Å². The van der Waals surface area contributed by atoms with Crippen LogP contribution in [0.3, 0.4) is 0 Å². The van der Waals surface area contributed by atoms with Crippen LogP contribution in [0, 0.1) is 25.7 Å². The number of sulfonamides is 1. The molecule has 2 aromatic heterocycles. The van der Waals surface area contributed by atoms with Gasteiger partial charge >= 0.3 is 0 Å². The number of nitrogens with zero attached hydrogens (tertiary/aromatic N) is 6. The van der Waals surface area contributed by atoms with Gasteiger partial charge in [-0.05, 0) is 100.0 Å². The second-order valence-corrected chi connectivity index (χ2v) is 17.5. The number of aryl methyl sites for hydroxylation is 2. The van der Waals surface area contributed by atoms with Crippen LogP contribution in [-0.2, 0) is 16.4 Å². The van der Waals surface area contributed by atoms with E-state index in [2.05, 4.69) is 57.3 Å². The van der Waals surface area contributed by atoms with Gasteiger partial charge in [-0.25, -0.2) is 23.1 Å². The van der Waals surface area contributed by atoms with E-state index in [4.69, 9.17) is 9.72 Å². The number of hydrogen-bond acceptors (Lipinski definition) is 9. The van der Waals surface area contributed by atoms with Gasteiger partial charge in [-0.3, -0.25) is 9.78 Å². The van der Waals surface area contributed by atoms with Crippen molar-refractivity contribution < 1.29 is 17.9 Å². The first-order valence-electron chi connectivity index (χ1n) is 19.9. The van der Waals surface area contributed by atoms with Crippen molar-refractivity contribution in [2.24, 2.45) is 11.8 Å². The van der Waals surface area contributed by atoms with Crippen molar-refractivity contribution in [3.05, 3.63) is 83.3 Å². The van der Waals surface area contributed by atoms with Gasteiger partial charge in [0.2, 0.25) is 11.8 Å². The summed E-state index contributed by atoms with van der Waals surface area (Å²) in [4.78, 5) is 37.7. The predicted octanol–water partition coefficient (Wildman–Crippen LogP) is 8.42. The molecule has 0 spiro atoms. The van der Waals surface area contributed by atoms with E-state index in [9.17, 15) is 13.2 Å². The fourth-order valence-corrected chi connectivity index (χ4v) is 9.28. The van der Waals surface area contributed by atoms with Crippen LogP contribution in [0.1, 0.15) is 106 Å². The van der Waals surface area contributed by atoms with E-state index in [0.29, 0.717) is 35.6 Å². The highest BCUT2D eigenvalue weighted by Gasteiger charge is 2.38. The number of methoxy groups -OCH3 is 1. The third-order valence-electron chi connectivity index (χ3n) is 11.5. The predicted molar refractivity (Wildman–Crippen MR) is 218 cm³/mol. The van der Waals surface area contributed by atoms with Crippen molar-refractivity contribution in [3.63, 3.8) is 0 Å². The highest BCUT2D eigenvalue weighted by Crippen LogP contribution is 2.36. The third-order valence-corrected chi connectivity index (χ3v) is 12.9. The van der Waals surface area contributed by atoms with E-state index >= 15 is 0 Å². The fourth-order valence-electron chi connectivity index (χ4n) is 8.29. The van der Waals surface area contributed by atoms with Crippen molar-refractivity contribution in [1.29, 1.82) is 0 Å². The summed E-state index contributed by atoms with van der Waals surface area (Å²) >= 11 is 0. The van der Waals surface area contributed by atoms with Gasteiger partial charge in [0, 0.05) is 55.0 Å². The summed E-state index contributed by atoms with van der Waals surface area (Å²) < 4.78 is 36.0. The molecule has 55 heavy (non-hydrogen) atoms. The number of carbonyl (C=O) groups is 1. The lowest BCUT2D eigenvalue weighted by Gasteiger charge is -2.40. The first-order chi connectivity index (χ1) is 26.4. The Balaban J connectivity index is 1.32. The maximum Gasteiger partial charge on any atom is 0.264 e. The van der Waals surface area contributed by atoms with Gasteiger partial charge in [-0.2, -0.15) is 4.98 Å². The maximum atomic E-state index is 14.9. The van der Waals surface area contributed by atoms with Crippen molar-refractivity contribution in [1.82, 2.24) is 24.8 Å². The topological polar surface area (TPSA) is 131 Å². The molecule has 2 aromatic carbocycles. The van der Waals surface area contributed by atoms with Gasteiger partial charge in [0.25, 0.3) is 15.9 Å². The average Bonchev–Trinajstić information content (AvgIpc) is 3.31. The van der Waals surface area contributed by atoms with Gasteiger partial charge in [0.1, 0.15) is 5.82 Å². The van der Waals surface area contributed by atoms with Gasteiger partial charge in [-0.1, -0.05) is 57.9 Å². The average molecular weight is 768 g/mol. The molecule has 1 saturated carbocycles. The quantitative estimate of drug-likeness (QED) is 0.134. The standard InChI is InChI=1S/C43H57N7O4S/c1-8-38-31(22-21-28(2)3)15-10-19-35(24-33-26-44-27-39(45-33)49(6)34-17-12-18-34)50(38)42(51)32-16-11-20-36(23-32)55(52,53)48-43-46-37(25-40(47-43)54-7)41-29(4)13-9-14-30(41)5/h9,11,13-14,16,20,23,25-28,31,34-35,38H,8,10,12,15,17-19,21-22,24H2,1-7H3,(H,46,47,48). The monoisotopic (exact) mass is 767 g/mol. The van der Waals surface area contributed by atoms with Gasteiger partial charge in [-0.15, -0.1) is 0 Å². The molecule has 0 bridgehead atoms. The molecule has 3 heterocycles. The van der Waals surface area contributed by atoms with Crippen LogP contribution in [-0.4, -0.2) is 71.4 Å². The number of anilines is 2. The molecular weight excluding hydrogens is 711 g/mol. The smallest absolute Gasteiger partial charge is 0.264 e. The zero-order valence-electron chi connectivity index (χ0n) is 33.5. The molecule has 11 nitrogen and oxygen atoms in total. The minimum absolute atomic E-state index is 0.000523. The summed E-state index contributed by atoms with van der Waals surface area (Å²) in [5.74, 6) is 1.70. The van der Waals surface area contributed by atoms with Crippen molar-refractivity contribution >= 4 is 27.7 Å². The molecule has 12 heteroatoms. The Morgan fingerprint density at radius 2 is 1.71 bits per heavy atom. The van der Waals surface area contributed by atoms with Gasteiger partial charge in [0.05, 0.1) is 29.6 Å². The molecule has 0 radical (unpaired) electrons. The van der Waals surface area contributed by atoms with Gasteiger partial charge in [0.15, 0.2) is 0 Å². The molecule has 3 unspecified atom stereocenters. The first kappa shape index (κ1) is 40.1. The highest BCUT2D eigenvalue weighted by molar-refractivity contribution is 7.92. The minimum Gasteiger partial charge on any atom is -0.481 e. The van der Waals surface area contributed by atoms with Crippen LogP contribution in [0.4, 0.5) is 11.8 Å². The van der Waals surface area contributed by atoms with Crippen molar-refractivity contribution in [2.75, 3.05) is 23.8 Å². The lowest BCUT2D eigenvalue weighted by Crippen LogP contribution is -2.49. The van der Waals surface area contributed by atoms with E-state index in [-0.39, 0.29) is 34.7 Å². The van der Waals surface area contributed by atoms with Crippen LogP contribution in [0.25, 0.3) is 11.3 Å². The summed E-state index contributed by atoms with van der Waals surface area (Å²) in [6.45, 7) is 10.6. The van der Waals surface area contributed by atoms with E-state index in [1.54, 1.807) is 18.2 Å². The Morgan fingerprint density at radius 1 is 0.982 bits per heavy atom. The zero-order valence-corrected chi connectivity index (χ0v) is 34.3.